The summed E-state index contributed by atoms with van der Waals surface area (Å²) >= 11 is 0. The fraction of sp³-hybridized carbons (Fsp3) is 0.484. The number of benzene rings is 1. The molecule has 5 aliphatic rings. The van der Waals surface area contributed by atoms with Crippen molar-refractivity contribution >= 4 is 23.4 Å². The number of hydrogen-bond donors (Lipinski definition) is 1. The Morgan fingerprint density at radius 3 is 2.53 bits per heavy atom. The highest BCUT2D eigenvalue weighted by Crippen LogP contribution is 2.56. The molecule has 4 atom stereocenters. The van der Waals surface area contributed by atoms with Crippen molar-refractivity contribution < 1.29 is 29.0 Å². The number of rotatable bonds is 4. The van der Waals surface area contributed by atoms with Gasteiger partial charge in [0.15, 0.2) is 23.1 Å². The Balaban J connectivity index is 1.46. The molecule has 0 bridgehead atoms. The number of amides is 2. The summed E-state index contributed by atoms with van der Waals surface area (Å²) in [5, 5.41) is 10.3. The van der Waals surface area contributed by atoms with E-state index in [0.717, 1.165) is 43.2 Å². The molecule has 38 heavy (non-hydrogen) atoms. The van der Waals surface area contributed by atoms with Crippen molar-refractivity contribution in [3.05, 3.63) is 58.2 Å². The molecule has 1 aromatic rings. The highest BCUT2D eigenvalue weighted by Gasteiger charge is 2.57. The van der Waals surface area contributed by atoms with E-state index in [1.807, 2.05) is 13.0 Å². The molecular formula is C31H33NO6. The van der Waals surface area contributed by atoms with Crippen molar-refractivity contribution in [2.45, 2.75) is 70.8 Å². The Bertz CT molecular complexity index is 1340. The first-order chi connectivity index (χ1) is 18.3. The van der Waals surface area contributed by atoms with Crippen LogP contribution in [0.15, 0.2) is 52.6 Å². The number of fused-ring (bicyclic) bond motifs is 3. The number of hydrogen-bond acceptors (Lipinski definition) is 6. The Labute approximate surface area is 222 Å². The molecule has 1 heterocycles. The summed E-state index contributed by atoms with van der Waals surface area (Å²) < 4.78 is 5.63. The number of imide groups is 1. The van der Waals surface area contributed by atoms with Gasteiger partial charge in [0.1, 0.15) is 0 Å². The first-order valence-corrected chi connectivity index (χ1v) is 13.8. The zero-order valence-corrected chi connectivity index (χ0v) is 21.9. The molecule has 1 N–H and O–H groups in total. The minimum absolute atomic E-state index is 0.00340. The average molecular weight is 516 g/mol. The number of ether oxygens (including phenoxy) is 1. The lowest BCUT2D eigenvalue weighted by Crippen LogP contribution is -2.43. The summed E-state index contributed by atoms with van der Waals surface area (Å²) in [6, 6.07) is 4.98. The van der Waals surface area contributed by atoms with Crippen molar-refractivity contribution in [1.82, 2.24) is 4.90 Å². The third kappa shape index (κ3) is 3.69. The van der Waals surface area contributed by atoms with Gasteiger partial charge in [0.05, 0.1) is 18.4 Å². The molecule has 4 aliphatic carbocycles. The van der Waals surface area contributed by atoms with Crippen molar-refractivity contribution in [1.29, 1.82) is 0 Å². The number of ketones is 2. The summed E-state index contributed by atoms with van der Waals surface area (Å²) in [7, 11) is 0. The number of phenolic OH excluding ortho intramolecular Hbond substituents is 1. The van der Waals surface area contributed by atoms with Crippen LogP contribution < -0.4 is 4.74 Å². The topological polar surface area (TPSA) is 101 Å². The Morgan fingerprint density at radius 1 is 1.03 bits per heavy atom. The van der Waals surface area contributed by atoms with E-state index < -0.39 is 17.8 Å². The summed E-state index contributed by atoms with van der Waals surface area (Å²) in [5.74, 6) is -2.10. The molecule has 2 fully saturated rings. The third-order valence-corrected chi connectivity index (χ3v) is 9.15. The molecule has 0 radical (unpaired) electrons. The molecule has 1 saturated carbocycles. The van der Waals surface area contributed by atoms with Gasteiger partial charge in [0, 0.05) is 28.7 Å². The maximum atomic E-state index is 13.9. The summed E-state index contributed by atoms with van der Waals surface area (Å²) in [4.78, 5) is 55.9. The molecule has 7 heteroatoms. The quantitative estimate of drug-likeness (QED) is 0.359. The van der Waals surface area contributed by atoms with Crippen molar-refractivity contribution in [3.63, 3.8) is 0 Å². The second-order valence-corrected chi connectivity index (χ2v) is 11.2. The van der Waals surface area contributed by atoms with Crippen LogP contribution >= 0.6 is 0 Å². The Hall–Kier alpha value is -3.48. The minimum atomic E-state index is -0.545. The lowest BCUT2D eigenvalue weighted by atomic mass is 9.59. The molecular weight excluding hydrogens is 482 g/mol. The normalized spacial score (nSPS) is 29.6. The van der Waals surface area contributed by atoms with Crippen LogP contribution in [-0.2, 0) is 19.2 Å². The van der Waals surface area contributed by atoms with Crippen LogP contribution in [0.1, 0.15) is 70.3 Å². The van der Waals surface area contributed by atoms with Gasteiger partial charge >= 0.3 is 0 Å². The van der Waals surface area contributed by atoms with Crippen LogP contribution in [0.25, 0.3) is 0 Å². The molecule has 1 saturated heterocycles. The molecule has 6 rings (SSSR count). The van der Waals surface area contributed by atoms with Crippen LogP contribution in [0.2, 0.25) is 0 Å². The SMILES string of the molecule is CCOc1cc(C2C3=CCC4C(=O)N(C5CCCCC5)C(=O)C4C3CC3=C2C(=O)C=C(C)C3=O)ccc1O. The summed E-state index contributed by atoms with van der Waals surface area (Å²) in [6.45, 7) is 3.83. The van der Waals surface area contributed by atoms with Gasteiger partial charge in [-0.1, -0.05) is 37.0 Å². The standard InChI is InChI=1S/C31H33NO6/c1-3-38-25-14-17(9-12-23(25)33)26-19-10-11-20-27(31(37)32(30(20)36)18-7-5-4-6-8-18)21(19)15-22-28(26)24(34)13-16(2)29(22)35/h9-10,12-14,18,20-21,26-27,33H,3-8,11,15H2,1-2H3. The Morgan fingerprint density at radius 2 is 1.79 bits per heavy atom. The molecule has 1 aromatic carbocycles. The molecule has 2 amide bonds. The van der Waals surface area contributed by atoms with Gasteiger partial charge in [0.25, 0.3) is 0 Å². The number of carbonyl (C=O) groups is 4. The van der Waals surface area contributed by atoms with E-state index in [-0.39, 0.29) is 47.5 Å². The van der Waals surface area contributed by atoms with Crippen molar-refractivity contribution in [2.24, 2.45) is 17.8 Å². The van der Waals surface area contributed by atoms with Crippen LogP contribution in [0.4, 0.5) is 0 Å². The minimum Gasteiger partial charge on any atom is -0.504 e. The number of likely N-dealkylation sites (tertiary alicyclic amines) is 1. The molecule has 198 valence electrons. The van der Waals surface area contributed by atoms with Gasteiger partial charge in [0.2, 0.25) is 11.8 Å². The monoisotopic (exact) mass is 515 g/mol. The molecule has 0 aromatic heterocycles. The van der Waals surface area contributed by atoms with Gasteiger partial charge in [-0.25, -0.2) is 0 Å². The van der Waals surface area contributed by atoms with E-state index in [1.165, 1.54) is 6.08 Å². The van der Waals surface area contributed by atoms with E-state index in [1.54, 1.807) is 30.0 Å². The van der Waals surface area contributed by atoms with Crippen LogP contribution in [0.5, 0.6) is 11.5 Å². The van der Waals surface area contributed by atoms with E-state index in [2.05, 4.69) is 0 Å². The Kier molecular flexibility index (Phi) is 6.12. The number of phenols is 1. The first-order valence-electron chi connectivity index (χ1n) is 13.8. The number of carbonyl (C=O) groups excluding carboxylic acids is 4. The van der Waals surface area contributed by atoms with E-state index in [9.17, 15) is 24.3 Å². The first kappa shape index (κ1) is 24.8. The van der Waals surface area contributed by atoms with Crippen LogP contribution in [0, 0.1) is 17.8 Å². The molecule has 1 aliphatic heterocycles. The summed E-state index contributed by atoms with van der Waals surface area (Å²) in [5.41, 5.74) is 2.92. The fourth-order valence-electron chi connectivity index (χ4n) is 7.47. The number of aromatic hydroxyl groups is 1. The van der Waals surface area contributed by atoms with Crippen LogP contribution in [0.3, 0.4) is 0 Å². The average Bonchev–Trinajstić information content (AvgIpc) is 3.17. The lowest BCUT2D eigenvalue weighted by Gasteiger charge is -2.42. The molecule has 0 spiro atoms. The number of Topliss-reactive ketones (excluding diaryl/α,β-unsaturated/α-hetero) is 1. The van der Waals surface area contributed by atoms with Gasteiger partial charge in [-0.2, -0.15) is 0 Å². The van der Waals surface area contributed by atoms with E-state index in [4.69, 9.17) is 4.74 Å². The maximum absolute atomic E-state index is 13.9. The van der Waals surface area contributed by atoms with E-state index in [0.29, 0.717) is 35.5 Å². The van der Waals surface area contributed by atoms with Gasteiger partial charge in [-0.15, -0.1) is 0 Å². The lowest BCUT2D eigenvalue weighted by molar-refractivity contribution is -0.143. The second kappa shape index (κ2) is 9.37. The summed E-state index contributed by atoms with van der Waals surface area (Å²) in [6.07, 6.45) is 9.03. The largest absolute Gasteiger partial charge is 0.504 e. The smallest absolute Gasteiger partial charge is 0.233 e. The van der Waals surface area contributed by atoms with Crippen LogP contribution in [-0.4, -0.2) is 46.0 Å². The highest BCUT2D eigenvalue weighted by molar-refractivity contribution is 6.23. The number of allylic oxidation sites excluding steroid dienone is 6. The fourth-order valence-corrected chi connectivity index (χ4v) is 7.47. The van der Waals surface area contributed by atoms with Gasteiger partial charge in [-0.05, 0) is 69.2 Å². The predicted molar refractivity (Wildman–Crippen MR) is 139 cm³/mol. The van der Waals surface area contributed by atoms with Crippen molar-refractivity contribution in [3.8, 4) is 11.5 Å². The number of nitrogens with zero attached hydrogens (tertiary/aromatic N) is 1. The maximum Gasteiger partial charge on any atom is 0.233 e. The molecule has 4 unspecified atom stereocenters. The zero-order chi connectivity index (χ0) is 26.7. The van der Waals surface area contributed by atoms with Gasteiger partial charge < -0.3 is 9.84 Å². The van der Waals surface area contributed by atoms with E-state index >= 15 is 0 Å². The molecule has 7 nitrogen and oxygen atoms in total. The van der Waals surface area contributed by atoms with Crippen molar-refractivity contribution in [2.75, 3.05) is 6.61 Å². The second-order valence-electron chi connectivity index (χ2n) is 11.2. The predicted octanol–water partition coefficient (Wildman–Crippen LogP) is 4.55. The zero-order valence-electron chi connectivity index (χ0n) is 21.9. The van der Waals surface area contributed by atoms with Gasteiger partial charge in [-0.3, -0.25) is 24.1 Å². The highest BCUT2D eigenvalue weighted by atomic mass is 16.5. The third-order valence-electron chi connectivity index (χ3n) is 9.15.